The largest absolute Gasteiger partial charge is 0.465 e. The monoisotopic (exact) mass is 393 g/mol. The molecule has 4 aromatic rings. The minimum Gasteiger partial charge on any atom is -0.465 e. The number of nitrogens with zero attached hydrogens (tertiary/aromatic N) is 4. The lowest BCUT2D eigenvalue weighted by atomic mass is 10.2. The number of aromatic nitrogens is 4. The van der Waals surface area contributed by atoms with Crippen molar-refractivity contribution in [2.75, 3.05) is 12.3 Å². The Bertz CT molecular complexity index is 1330. The van der Waals surface area contributed by atoms with Gasteiger partial charge in [-0.1, -0.05) is 24.3 Å². The Hall–Kier alpha value is -3.88. The number of ether oxygens (including phenoxy) is 1. The molecule has 2 aromatic carbocycles. The number of imidazole rings is 1. The molecule has 2 aromatic heterocycles. The van der Waals surface area contributed by atoms with Crippen LogP contribution in [0, 0.1) is 0 Å². The van der Waals surface area contributed by atoms with E-state index in [-0.39, 0.29) is 12.4 Å². The number of rotatable bonds is 5. The molecular weight excluding hydrogens is 374 g/mol. The van der Waals surface area contributed by atoms with Crippen molar-refractivity contribution >= 4 is 28.5 Å². The van der Waals surface area contributed by atoms with Gasteiger partial charge in [0, 0.05) is 5.69 Å². The van der Waals surface area contributed by atoms with Crippen LogP contribution >= 0.6 is 0 Å². The van der Waals surface area contributed by atoms with E-state index in [1.165, 1.54) is 4.40 Å². The summed E-state index contributed by atoms with van der Waals surface area (Å²) in [6, 6.07) is 14.6. The Balaban J connectivity index is 1.96. The average Bonchev–Trinajstić information content (AvgIpc) is 3.01. The lowest BCUT2D eigenvalue weighted by molar-refractivity contribution is -0.144. The minimum atomic E-state index is -0.883. The third kappa shape index (κ3) is 3.27. The van der Waals surface area contributed by atoms with Gasteiger partial charge in [-0.2, -0.15) is 0 Å². The summed E-state index contributed by atoms with van der Waals surface area (Å²) in [4.78, 5) is 37.2. The van der Waals surface area contributed by atoms with Gasteiger partial charge in [0.05, 0.1) is 24.2 Å². The number of anilines is 1. The number of hydrogen-bond acceptors (Lipinski definition) is 6. The van der Waals surface area contributed by atoms with E-state index >= 15 is 0 Å². The number of para-hydroxylation sites is 2. The number of carbonyl (C=O) groups excluding carboxylic acids is 1. The minimum absolute atomic E-state index is 0.173. The zero-order chi connectivity index (χ0) is 20.5. The number of benzene rings is 2. The predicted octanol–water partition coefficient (Wildman–Crippen LogP) is 1.00. The second-order valence-corrected chi connectivity index (χ2v) is 6.52. The third-order valence-electron chi connectivity index (χ3n) is 4.59. The summed E-state index contributed by atoms with van der Waals surface area (Å²) in [7, 11) is 0. The van der Waals surface area contributed by atoms with E-state index < -0.39 is 23.6 Å². The number of esters is 1. The SMILES string of the molecule is CCOC(=O)Cn1nc2n(Cc3ccc(N)cc3)c3ccccc3n2c(=O)c1=O. The molecule has 2 N–H and O–H groups in total. The van der Waals surface area contributed by atoms with Gasteiger partial charge in [-0.3, -0.25) is 14.4 Å². The summed E-state index contributed by atoms with van der Waals surface area (Å²) in [5.41, 5.74) is 7.00. The van der Waals surface area contributed by atoms with E-state index in [0.717, 1.165) is 15.8 Å². The molecule has 0 saturated heterocycles. The molecule has 0 spiro atoms. The van der Waals surface area contributed by atoms with Crippen LogP contribution in [0.1, 0.15) is 12.5 Å². The quantitative estimate of drug-likeness (QED) is 0.307. The van der Waals surface area contributed by atoms with Crippen LogP contribution in [0.25, 0.3) is 16.8 Å². The maximum absolute atomic E-state index is 12.8. The predicted molar refractivity (Wildman–Crippen MR) is 108 cm³/mol. The van der Waals surface area contributed by atoms with Crippen molar-refractivity contribution in [1.29, 1.82) is 0 Å². The molecule has 0 fully saturated rings. The van der Waals surface area contributed by atoms with Gasteiger partial charge in [0.2, 0.25) is 5.78 Å². The van der Waals surface area contributed by atoms with Gasteiger partial charge in [-0.25, -0.2) is 9.08 Å². The molecular formula is C20H19N5O4. The van der Waals surface area contributed by atoms with Crippen LogP contribution in [0.2, 0.25) is 0 Å². The van der Waals surface area contributed by atoms with E-state index in [9.17, 15) is 14.4 Å². The highest BCUT2D eigenvalue weighted by Crippen LogP contribution is 2.19. The summed E-state index contributed by atoms with van der Waals surface area (Å²) in [5, 5.41) is 4.31. The van der Waals surface area contributed by atoms with Gasteiger partial charge in [0.25, 0.3) is 0 Å². The van der Waals surface area contributed by atoms with E-state index in [1.807, 2.05) is 28.8 Å². The van der Waals surface area contributed by atoms with Crippen LogP contribution in [0.5, 0.6) is 0 Å². The summed E-state index contributed by atoms with van der Waals surface area (Å²) in [6.07, 6.45) is 0. The topological polar surface area (TPSA) is 114 Å². The fraction of sp³-hybridized carbons (Fsp3) is 0.200. The zero-order valence-electron chi connectivity index (χ0n) is 15.7. The molecule has 0 aliphatic heterocycles. The standard InChI is InChI=1S/C20H19N5O4/c1-2-29-17(26)12-24-18(27)19(28)25-16-6-4-3-5-15(16)23(20(25)22-24)11-13-7-9-14(21)10-8-13/h3-10H,2,11-12,21H2,1H3. The van der Waals surface area contributed by atoms with Crippen LogP contribution in [0.3, 0.4) is 0 Å². The van der Waals surface area contributed by atoms with Crippen LogP contribution in [-0.2, 0) is 22.6 Å². The number of carbonyl (C=O) groups is 1. The molecule has 0 aliphatic rings. The van der Waals surface area contributed by atoms with Gasteiger partial charge in [0.1, 0.15) is 6.54 Å². The normalized spacial score (nSPS) is 11.2. The number of nitrogen functional groups attached to an aromatic ring is 1. The average molecular weight is 393 g/mol. The molecule has 0 unspecified atom stereocenters. The van der Waals surface area contributed by atoms with Gasteiger partial charge in [-0.05, 0) is 36.8 Å². The first-order valence-electron chi connectivity index (χ1n) is 9.10. The highest BCUT2D eigenvalue weighted by molar-refractivity contribution is 5.80. The lowest BCUT2D eigenvalue weighted by Crippen LogP contribution is -2.42. The smallest absolute Gasteiger partial charge is 0.333 e. The van der Waals surface area contributed by atoms with Crippen molar-refractivity contribution in [3.8, 4) is 0 Å². The molecule has 148 valence electrons. The van der Waals surface area contributed by atoms with Crippen LogP contribution in [0.4, 0.5) is 5.69 Å². The third-order valence-corrected chi connectivity index (χ3v) is 4.59. The van der Waals surface area contributed by atoms with E-state index in [1.54, 1.807) is 31.2 Å². The summed E-state index contributed by atoms with van der Waals surface area (Å²) < 4.78 is 8.83. The molecule has 0 atom stereocenters. The van der Waals surface area contributed by atoms with Gasteiger partial charge in [-0.15, -0.1) is 5.10 Å². The van der Waals surface area contributed by atoms with Crippen LogP contribution in [0.15, 0.2) is 58.1 Å². The zero-order valence-corrected chi connectivity index (χ0v) is 15.7. The molecule has 0 radical (unpaired) electrons. The maximum Gasteiger partial charge on any atom is 0.333 e. The van der Waals surface area contributed by atoms with Crippen LogP contribution < -0.4 is 16.9 Å². The molecule has 29 heavy (non-hydrogen) atoms. The molecule has 0 amide bonds. The van der Waals surface area contributed by atoms with E-state index in [0.29, 0.717) is 17.7 Å². The van der Waals surface area contributed by atoms with Crippen molar-refractivity contribution < 1.29 is 9.53 Å². The van der Waals surface area contributed by atoms with Crippen molar-refractivity contribution in [3.05, 3.63) is 74.8 Å². The molecule has 9 heteroatoms. The Labute approximate surface area is 164 Å². The Kier molecular flexibility index (Phi) is 4.63. The molecule has 2 heterocycles. The van der Waals surface area contributed by atoms with Crippen LogP contribution in [-0.4, -0.2) is 31.3 Å². The van der Waals surface area contributed by atoms with Crippen molar-refractivity contribution in [2.24, 2.45) is 0 Å². The molecule has 0 saturated carbocycles. The van der Waals surface area contributed by atoms with Crippen molar-refractivity contribution in [2.45, 2.75) is 20.0 Å². The van der Waals surface area contributed by atoms with E-state index in [2.05, 4.69) is 5.10 Å². The van der Waals surface area contributed by atoms with Gasteiger partial charge >= 0.3 is 17.1 Å². The highest BCUT2D eigenvalue weighted by Gasteiger charge is 2.18. The fourth-order valence-corrected chi connectivity index (χ4v) is 3.27. The Morgan fingerprint density at radius 3 is 2.41 bits per heavy atom. The first kappa shape index (κ1) is 18.5. The molecule has 4 rings (SSSR count). The van der Waals surface area contributed by atoms with E-state index in [4.69, 9.17) is 10.5 Å². The lowest BCUT2D eigenvalue weighted by Gasteiger charge is -2.08. The number of hydrogen-bond donors (Lipinski definition) is 1. The second kappa shape index (κ2) is 7.27. The first-order valence-corrected chi connectivity index (χ1v) is 9.10. The fourth-order valence-electron chi connectivity index (χ4n) is 3.27. The highest BCUT2D eigenvalue weighted by atomic mass is 16.5. The number of nitrogens with two attached hydrogens (primary N) is 1. The summed E-state index contributed by atoms with van der Waals surface area (Å²) >= 11 is 0. The van der Waals surface area contributed by atoms with Crippen molar-refractivity contribution in [3.63, 3.8) is 0 Å². The Morgan fingerprint density at radius 2 is 1.72 bits per heavy atom. The summed E-state index contributed by atoms with van der Waals surface area (Å²) in [6.45, 7) is 1.81. The van der Waals surface area contributed by atoms with Crippen molar-refractivity contribution in [1.82, 2.24) is 18.7 Å². The molecule has 0 aliphatic carbocycles. The van der Waals surface area contributed by atoms with Gasteiger partial charge < -0.3 is 15.0 Å². The second-order valence-electron chi connectivity index (χ2n) is 6.52. The van der Waals surface area contributed by atoms with Gasteiger partial charge in [0.15, 0.2) is 0 Å². The first-order chi connectivity index (χ1) is 14.0. The number of fused-ring (bicyclic) bond motifs is 3. The maximum atomic E-state index is 12.8. The Morgan fingerprint density at radius 1 is 1.03 bits per heavy atom. The molecule has 0 bridgehead atoms. The molecule has 9 nitrogen and oxygen atoms in total. The summed E-state index contributed by atoms with van der Waals surface area (Å²) in [5.74, 6) is -0.371.